The lowest BCUT2D eigenvalue weighted by Gasteiger charge is -2.13. The van der Waals surface area contributed by atoms with Crippen molar-refractivity contribution in [2.75, 3.05) is 27.3 Å². The lowest BCUT2D eigenvalue weighted by atomic mass is 10.1. The number of hydrogen-bond donors (Lipinski definition) is 1. The number of carboxylic acid groups (broad SMARTS) is 1. The summed E-state index contributed by atoms with van der Waals surface area (Å²) >= 11 is 1.52. The van der Waals surface area contributed by atoms with Crippen molar-refractivity contribution in [2.45, 2.75) is 13.3 Å². The molecule has 0 bridgehead atoms. The van der Waals surface area contributed by atoms with Crippen molar-refractivity contribution in [3.8, 4) is 16.3 Å². The van der Waals surface area contributed by atoms with E-state index in [0.717, 1.165) is 15.4 Å². The molecule has 1 aromatic carbocycles. The van der Waals surface area contributed by atoms with E-state index >= 15 is 0 Å². The molecule has 1 heterocycles. The number of benzene rings is 1. The van der Waals surface area contributed by atoms with E-state index in [4.69, 9.17) is 14.6 Å². The second-order valence-corrected chi connectivity index (χ2v) is 6.65. The van der Waals surface area contributed by atoms with Gasteiger partial charge in [-0.25, -0.2) is 14.6 Å². The molecule has 0 spiro atoms. The zero-order chi connectivity index (χ0) is 18.4. The number of aromatic nitrogens is 1. The summed E-state index contributed by atoms with van der Waals surface area (Å²) in [5.41, 5.74) is 1.16. The van der Waals surface area contributed by atoms with Crippen LogP contribution < -0.4 is 4.74 Å². The molecule has 0 aliphatic carbocycles. The Morgan fingerprint density at radius 1 is 1.32 bits per heavy atom. The van der Waals surface area contributed by atoms with E-state index in [0.29, 0.717) is 30.9 Å². The van der Waals surface area contributed by atoms with Gasteiger partial charge in [0.1, 0.15) is 10.8 Å². The summed E-state index contributed by atoms with van der Waals surface area (Å²) in [6.07, 6.45) is 1.33. The smallest absolute Gasteiger partial charge is 0.407 e. The maximum Gasteiger partial charge on any atom is 0.407 e. The summed E-state index contributed by atoms with van der Waals surface area (Å²) in [5, 5.41) is 9.61. The Balaban J connectivity index is 2.13. The van der Waals surface area contributed by atoms with E-state index in [1.165, 1.54) is 30.4 Å². The van der Waals surface area contributed by atoms with Gasteiger partial charge in [0.2, 0.25) is 0 Å². The second kappa shape index (κ2) is 8.48. The Hall–Kier alpha value is -2.61. The molecule has 0 aliphatic rings. The minimum Gasteiger partial charge on any atom is -0.493 e. The first-order chi connectivity index (χ1) is 11.9. The van der Waals surface area contributed by atoms with Crippen LogP contribution in [0.4, 0.5) is 4.79 Å². The number of ether oxygens (including phenoxy) is 2. The summed E-state index contributed by atoms with van der Waals surface area (Å²) in [7, 11) is 2.83. The first-order valence-corrected chi connectivity index (χ1v) is 8.45. The van der Waals surface area contributed by atoms with Gasteiger partial charge in [0.25, 0.3) is 0 Å². The van der Waals surface area contributed by atoms with Gasteiger partial charge < -0.3 is 19.5 Å². The molecule has 1 N–H and O–H groups in total. The third kappa shape index (κ3) is 5.18. The molecule has 0 aliphatic heterocycles. The molecule has 2 aromatic rings. The van der Waals surface area contributed by atoms with Crippen LogP contribution >= 0.6 is 11.3 Å². The van der Waals surface area contributed by atoms with E-state index in [2.05, 4.69) is 4.98 Å². The average molecular weight is 364 g/mol. The average Bonchev–Trinajstić information content (AvgIpc) is 3.03. The molecule has 1 aromatic heterocycles. The normalized spacial score (nSPS) is 10.4. The molecule has 0 radical (unpaired) electrons. The van der Waals surface area contributed by atoms with Crippen molar-refractivity contribution >= 4 is 23.4 Å². The molecule has 0 fully saturated rings. The molecule has 7 nitrogen and oxygen atoms in total. The van der Waals surface area contributed by atoms with Crippen molar-refractivity contribution in [1.29, 1.82) is 0 Å². The minimum atomic E-state index is -0.978. The van der Waals surface area contributed by atoms with Crippen molar-refractivity contribution < 1.29 is 24.2 Å². The summed E-state index contributed by atoms with van der Waals surface area (Å²) in [4.78, 5) is 29.2. The maximum atomic E-state index is 11.9. The first-order valence-electron chi connectivity index (χ1n) is 7.63. The Kier molecular flexibility index (Phi) is 6.35. The van der Waals surface area contributed by atoms with Gasteiger partial charge in [-0.3, -0.25) is 0 Å². The topological polar surface area (TPSA) is 89.0 Å². The highest BCUT2D eigenvalue weighted by atomic mass is 32.1. The van der Waals surface area contributed by atoms with Gasteiger partial charge in [-0.15, -0.1) is 11.3 Å². The fourth-order valence-electron chi connectivity index (χ4n) is 2.12. The molecular weight excluding hydrogens is 344 g/mol. The summed E-state index contributed by atoms with van der Waals surface area (Å²) < 4.78 is 10.5. The zero-order valence-electron chi connectivity index (χ0n) is 14.3. The molecule has 134 valence electrons. The van der Waals surface area contributed by atoms with E-state index in [1.54, 1.807) is 18.3 Å². The van der Waals surface area contributed by atoms with Crippen molar-refractivity contribution in [3.05, 3.63) is 34.8 Å². The van der Waals surface area contributed by atoms with Gasteiger partial charge in [-0.05, 0) is 31.5 Å². The van der Waals surface area contributed by atoms with Gasteiger partial charge in [-0.2, -0.15) is 0 Å². The van der Waals surface area contributed by atoms with Crippen LogP contribution in [0.3, 0.4) is 0 Å². The number of thiazole rings is 1. The highest BCUT2D eigenvalue weighted by Crippen LogP contribution is 2.29. The molecular formula is C17H20N2O5S. The molecule has 0 atom stereocenters. The Bertz CT molecular complexity index is 759. The summed E-state index contributed by atoms with van der Waals surface area (Å²) in [6, 6.07) is 5.14. The van der Waals surface area contributed by atoms with Crippen LogP contribution in [0.5, 0.6) is 5.75 Å². The highest BCUT2D eigenvalue weighted by molar-refractivity contribution is 7.14. The second-order valence-electron chi connectivity index (χ2n) is 5.42. The van der Waals surface area contributed by atoms with Gasteiger partial charge in [0.15, 0.2) is 0 Å². The third-order valence-electron chi connectivity index (χ3n) is 3.43. The third-order valence-corrected chi connectivity index (χ3v) is 4.39. The van der Waals surface area contributed by atoms with Crippen molar-refractivity contribution in [2.24, 2.45) is 0 Å². The first kappa shape index (κ1) is 18.7. The number of methoxy groups -OCH3 is 1. The summed E-state index contributed by atoms with van der Waals surface area (Å²) in [6.45, 7) is 2.66. The largest absolute Gasteiger partial charge is 0.493 e. The number of aryl methyl sites for hydroxylation is 1. The van der Waals surface area contributed by atoms with Crippen molar-refractivity contribution in [1.82, 2.24) is 9.88 Å². The molecule has 2 rings (SSSR count). The van der Waals surface area contributed by atoms with Crippen LogP contribution in [0, 0.1) is 6.92 Å². The van der Waals surface area contributed by atoms with Crippen LogP contribution in [0.1, 0.15) is 21.7 Å². The van der Waals surface area contributed by atoms with Crippen LogP contribution in [0.15, 0.2) is 24.4 Å². The molecule has 8 heteroatoms. The molecule has 0 saturated heterocycles. The monoisotopic (exact) mass is 364 g/mol. The number of nitrogens with zero attached hydrogens (tertiary/aromatic N) is 2. The molecule has 1 amide bonds. The van der Waals surface area contributed by atoms with Gasteiger partial charge in [0.05, 0.1) is 19.3 Å². The zero-order valence-corrected chi connectivity index (χ0v) is 15.1. The van der Waals surface area contributed by atoms with E-state index in [-0.39, 0.29) is 0 Å². The lowest BCUT2D eigenvalue weighted by Crippen LogP contribution is -2.26. The lowest BCUT2D eigenvalue weighted by molar-refractivity contribution is 0.0600. The highest BCUT2D eigenvalue weighted by Gasteiger charge is 2.13. The number of rotatable bonds is 7. The van der Waals surface area contributed by atoms with Crippen LogP contribution in [-0.4, -0.2) is 54.4 Å². The van der Waals surface area contributed by atoms with E-state index in [1.807, 2.05) is 13.0 Å². The minimum absolute atomic E-state index is 0.332. The fraction of sp³-hybridized carbons (Fsp3) is 0.353. The Morgan fingerprint density at radius 2 is 2.08 bits per heavy atom. The predicted molar refractivity (Wildman–Crippen MR) is 94.4 cm³/mol. The van der Waals surface area contributed by atoms with Gasteiger partial charge in [-0.1, -0.05) is 0 Å². The Morgan fingerprint density at radius 3 is 2.68 bits per heavy atom. The number of amides is 1. The number of carbonyl (C=O) groups is 2. The molecule has 0 saturated carbocycles. The fourth-order valence-corrected chi connectivity index (χ4v) is 2.87. The van der Waals surface area contributed by atoms with Crippen molar-refractivity contribution in [3.63, 3.8) is 0 Å². The van der Waals surface area contributed by atoms with Crippen LogP contribution in [0.25, 0.3) is 10.6 Å². The van der Waals surface area contributed by atoms with E-state index in [9.17, 15) is 9.59 Å². The maximum absolute atomic E-state index is 11.9. The molecule has 25 heavy (non-hydrogen) atoms. The van der Waals surface area contributed by atoms with Gasteiger partial charge >= 0.3 is 12.1 Å². The van der Waals surface area contributed by atoms with Crippen LogP contribution in [0.2, 0.25) is 0 Å². The number of esters is 1. The van der Waals surface area contributed by atoms with Crippen LogP contribution in [-0.2, 0) is 4.74 Å². The number of hydrogen-bond acceptors (Lipinski definition) is 6. The van der Waals surface area contributed by atoms with E-state index < -0.39 is 12.1 Å². The summed E-state index contributed by atoms with van der Waals surface area (Å²) in [5.74, 6) is 0.0642. The number of carbonyl (C=O) groups excluding carboxylic acids is 1. The van der Waals surface area contributed by atoms with Gasteiger partial charge in [0, 0.05) is 30.2 Å². The predicted octanol–water partition coefficient (Wildman–Crippen LogP) is 3.28. The SMILES string of the molecule is COC(=O)c1cc(OCCCN(C)C(=O)O)cc(-c2ncc(C)s2)c1. The molecule has 0 unspecified atom stereocenters. The standard InChI is InChI=1S/C17H20N2O5S/c1-11-10-18-15(25-11)12-7-13(16(20)23-3)9-14(8-12)24-6-4-5-19(2)17(21)22/h7-10H,4-6H2,1-3H3,(H,21,22). The Labute approximate surface area is 149 Å². The quantitative estimate of drug-likeness (QED) is 0.599.